The van der Waals surface area contributed by atoms with E-state index < -0.39 is 20.9 Å². The molecule has 114 valence electrons. The lowest BCUT2D eigenvalue weighted by Gasteiger charge is -2.14. The highest BCUT2D eigenvalue weighted by atomic mass is 32.2. The van der Waals surface area contributed by atoms with E-state index in [-0.39, 0.29) is 22.7 Å². The van der Waals surface area contributed by atoms with Crippen LogP contribution in [0.4, 0.5) is 5.69 Å². The Balaban J connectivity index is 2.29. The molecule has 0 aliphatic carbocycles. The number of nitro benzene ring substituents is 1. The number of rotatable bonds is 6. The van der Waals surface area contributed by atoms with Crippen molar-refractivity contribution >= 4 is 34.2 Å². The second-order valence-electron chi connectivity index (χ2n) is 4.60. The van der Waals surface area contributed by atoms with E-state index in [2.05, 4.69) is 12.6 Å². The maximum Gasteiger partial charge on any atom is 0.270 e. The Hall–Kier alpha value is -1.61. The summed E-state index contributed by atoms with van der Waals surface area (Å²) in [5, 5.41) is 10.7. The highest BCUT2D eigenvalue weighted by Crippen LogP contribution is 2.32. The van der Waals surface area contributed by atoms with E-state index in [9.17, 15) is 23.3 Å². The van der Waals surface area contributed by atoms with Crippen LogP contribution >= 0.6 is 12.6 Å². The van der Waals surface area contributed by atoms with E-state index in [0.717, 1.165) is 35.3 Å². The van der Waals surface area contributed by atoms with Gasteiger partial charge in [0.05, 0.1) is 10.5 Å². The number of hydrogen-bond acceptors (Lipinski definition) is 6. The number of nitro groups is 1. The summed E-state index contributed by atoms with van der Waals surface area (Å²) in [6.45, 7) is 0.0808. The van der Waals surface area contributed by atoms with E-state index in [1.165, 1.54) is 0 Å². The summed E-state index contributed by atoms with van der Waals surface area (Å²) in [6.07, 6.45) is 2.14. The van der Waals surface area contributed by atoms with Gasteiger partial charge in [-0.1, -0.05) is 6.42 Å². The van der Waals surface area contributed by atoms with Gasteiger partial charge in [-0.2, -0.15) is 12.6 Å². The molecule has 1 aliphatic heterocycles. The first-order valence-corrected chi connectivity index (χ1v) is 8.43. The van der Waals surface area contributed by atoms with Gasteiger partial charge in [-0.25, -0.2) is 12.7 Å². The largest absolute Gasteiger partial charge is 0.270 e. The van der Waals surface area contributed by atoms with Crippen LogP contribution in [0.25, 0.3) is 0 Å². The normalized spacial score (nSPS) is 16.0. The van der Waals surface area contributed by atoms with Crippen LogP contribution in [0, 0.1) is 10.1 Å². The number of benzene rings is 1. The van der Waals surface area contributed by atoms with E-state index in [1.807, 2.05) is 0 Å². The van der Waals surface area contributed by atoms with Crippen molar-refractivity contribution in [3.8, 4) is 0 Å². The minimum absolute atomic E-state index is 0.0808. The van der Waals surface area contributed by atoms with E-state index in [0.29, 0.717) is 12.2 Å². The van der Waals surface area contributed by atoms with Crippen molar-refractivity contribution in [2.45, 2.75) is 24.2 Å². The molecule has 0 radical (unpaired) electrons. The number of thiol groups is 1. The van der Waals surface area contributed by atoms with E-state index in [4.69, 9.17) is 0 Å². The Bertz CT molecular complexity index is 687. The fourth-order valence-electron chi connectivity index (χ4n) is 2.15. The van der Waals surface area contributed by atoms with Crippen molar-refractivity contribution < 1.29 is 18.1 Å². The molecule has 0 atom stereocenters. The average molecular weight is 330 g/mol. The van der Waals surface area contributed by atoms with Crippen LogP contribution in [0.5, 0.6) is 0 Å². The van der Waals surface area contributed by atoms with Crippen molar-refractivity contribution in [2.75, 3.05) is 12.3 Å². The van der Waals surface area contributed by atoms with Crippen molar-refractivity contribution in [3.63, 3.8) is 0 Å². The fourth-order valence-corrected chi connectivity index (χ4v) is 3.96. The quantitative estimate of drug-likeness (QED) is 0.371. The van der Waals surface area contributed by atoms with Crippen LogP contribution < -0.4 is 0 Å². The summed E-state index contributed by atoms with van der Waals surface area (Å²) in [6, 6.07) is 3.23. The van der Waals surface area contributed by atoms with Crippen molar-refractivity contribution in [3.05, 3.63) is 33.9 Å². The molecule has 1 aromatic carbocycles. The van der Waals surface area contributed by atoms with Gasteiger partial charge in [0.15, 0.2) is 0 Å². The molecule has 2 rings (SSSR count). The summed E-state index contributed by atoms with van der Waals surface area (Å²) in [4.78, 5) is 22.1. The van der Waals surface area contributed by atoms with E-state index in [1.54, 1.807) is 0 Å². The first-order valence-electron chi connectivity index (χ1n) is 6.36. The number of hydrogen-bond donors (Lipinski definition) is 1. The summed E-state index contributed by atoms with van der Waals surface area (Å²) in [5.41, 5.74) is -0.424. The predicted octanol–water partition coefficient (Wildman–Crippen LogP) is 1.84. The Morgan fingerprint density at radius 2 is 1.95 bits per heavy atom. The average Bonchev–Trinajstić information content (AvgIpc) is 2.63. The molecule has 0 saturated carbocycles. The molecular formula is C12H14N2O5S2. The highest BCUT2D eigenvalue weighted by Gasteiger charge is 2.41. The molecule has 0 fully saturated rings. The molecule has 9 heteroatoms. The van der Waals surface area contributed by atoms with Crippen molar-refractivity contribution in [2.24, 2.45) is 0 Å². The minimum Gasteiger partial charge on any atom is -0.268 e. The topological polar surface area (TPSA) is 97.6 Å². The van der Waals surface area contributed by atoms with Crippen LogP contribution in [0.3, 0.4) is 0 Å². The molecule has 0 N–H and O–H groups in total. The van der Waals surface area contributed by atoms with Crippen LogP contribution in [-0.4, -0.2) is 35.9 Å². The smallest absolute Gasteiger partial charge is 0.268 e. The molecule has 0 aromatic heterocycles. The SMILES string of the molecule is O=C1c2cc([N+](=O)[O-])ccc2S(=O)(=O)N1CCCCCS. The third-order valence-electron chi connectivity index (χ3n) is 3.22. The number of carbonyl (C=O) groups is 1. The van der Waals surface area contributed by atoms with Gasteiger partial charge in [-0.05, 0) is 24.7 Å². The Kier molecular flexibility index (Phi) is 4.52. The second-order valence-corrected chi connectivity index (χ2v) is 6.88. The number of fused-ring (bicyclic) bond motifs is 1. The Morgan fingerprint density at radius 3 is 2.57 bits per heavy atom. The summed E-state index contributed by atoms with van der Waals surface area (Å²) in [7, 11) is -3.88. The van der Waals surface area contributed by atoms with Gasteiger partial charge in [0.2, 0.25) is 0 Å². The number of sulfonamides is 1. The van der Waals surface area contributed by atoms with Crippen molar-refractivity contribution in [1.29, 1.82) is 0 Å². The van der Waals surface area contributed by atoms with Crippen LogP contribution in [-0.2, 0) is 10.0 Å². The number of unbranched alkanes of at least 4 members (excludes halogenated alkanes) is 2. The number of amides is 1. The summed E-state index contributed by atoms with van der Waals surface area (Å²) < 4.78 is 25.3. The first kappa shape index (κ1) is 15.8. The molecule has 0 saturated heterocycles. The lowest BCUT2D eigenvalue weighted by atomic mass is 10.2. The lowest BCUT2D eigenvalue weighted by Crippen LogP contribution is -2.31. The molecule has 7 nitrogen and oxygen atoms in total. The van der Waals surface area contributed by atoms with Crippen LogP contribution in [0.15, 0.2) is 23.1 Å². The molecule has 1 aliphatic rings. The van der Waals surface area contributed by atoms with Gasteiger partial charge in [0.25, 0.3) is 21.6 Å². The third-order valence-corrected chi connectivity index (χ3v) is 5.37. The molecule has 0 spiro atoms. The lowest BCUT2D eigenvalue weighted by molar-refractivity contribution is -0.384. The van der Waals surface area contributed by atoms with Gasteiger partial charge in [-0.15, -0.1) is 0 Å². The van der Waals surface area contributed by atoms with Gasteiger partial charge < -0.3 is 0 Å². The minimum atomic E-state index is -3.88. The maximum absolute atomic E-state index is 12.3. The number of carbonyl (C=O) groups excluding carboxylic acids is 1. The zero-order valence-corrected chi connectivity index (χ0v) is 12.8. The molecule has 0 bridgehead atoms. The number of non-ortho nitro benzene ring substituents is 1. The van der Waals surface area contributed by atoms with Crippen molar-refractivity contribution in [1.82, 2.24) is 4.31 Å². The molecule has 1 aromatic rings. The Labute approximate surface area is 127 Å². The summed E-state index contributed by atoms with van der Waals surface area (Å²) >= 11 is 4.06. The zero-order chi connectivity index (χ0) is 15.6. The Morgan fingerprint density at radius 1 is 1.24 bits per heavy atom. The molecule has 0 unspecified atom stereocenters. The number of nitrogens with zero attached hydrogens (tertiary/aromatic N) is 2. The molecule has 21 heavy (non-hydrogen) atoms. The third kappa shape index (κ3) is 2.88. The maximum atomic E-state index is 12.3. The summed E-state index contributed by atoms with van der Waals surface area (Å²) in [5.74, 6) is 0.00667. The van der Waals surface area contributed by atoms with Gasteiger partial charge in [-0.3, -0.25) is 14.9 Å². The van der Waals surface area contributed by atoms with Crippen LogP contribution in [0.2, 0.25) is 0 Å². The molecule has 1 amide bonds. The first-order chi connectivity index (χ1) is 9.89. The highest BCUT2D eigenvalue weighted by molar-refractivity contribution is 7.90. The van der Waals surface area contributed by atoms with Crippen LogP contribution in [0.1, 0.15) is 29.6 Å². The van der Waals surface area contributed by atoms with E-state index >= 15 is 0 Å². The standard InChI is InChI=1S/C12H14N2O5S2/c15-12-10-8-9(14(16)17)4-5-11(10)21(18,19)13(12)6-2-1-3-7-20/h4-5,8,20H,1-3,6-7H2. The fraction of sp³-hybridized carbons (Fsp3) is 0.417. The monoisotopic (exact) mass is 330 g/mol. The molecule has 1 heterocycles. The second kappa shape index (κ2) is 6.02. The molecular weight excluding hydrogens is 316 g/mol. The van der Waals surface area contributed by atoms with Gasteiger partial charge in [0, 0.05) is 18.7 Å². The zero-order valence-electron chi connectivity index (χ0n) is 11.1. The predicted molar refractivity (Wildman–Crippen MR) is 79.0 cm³/mol. The van der Waals surface area contributed by atoms with Gasteiger partial charge in [0.1, 0.15) is 4.90 Å². The van der Waals surface area contributed by atoms with Gasteiger partial charge >= 0.3 is 0 Å².